The van der Waals surface area contributed by atoms with Crippen molar-refractivity contribution in [2.24, 2.45) is 0 Å². The Balaban J connectivity index is 1.90. The van der Waals surface area contributed by atoms with Gasteiger partial charge in [0.2, 0.25) is 0 Å². The summed E-state index contributed by atoms with van der Waals surface area (Å²) in [6, 6.07) is 15.0. The maximum Gasteiger partial charge on any atom is 0.255 e. The normalized spacial score (nSPS) is 10.6. The molecule has 0 aliphatic carbocycles. The number of amides is 1. The molecule has 1 aromatic heterocycles. The van der Waals surface area contributed by atoms with E-state index in [1.165, 1.54) is 0 Å². The van der Waals surface area contributed by atoms with Crippen molar-refractivity contribution < 1.29 is 9.53 Å². The molecule has 0 spiro atoms. The minimum absolute atomic E-state index is 0.186. The number of carbonyl (C=O) groups excluding carboxylic acids is 1. The molecule has 0 unspecified atom stereocenters. The summed E-state index contributed by atoms with van der Waals surface area (Å²) in [4.78, 5) is 17.1. The zero-order valence-corrected chi connectivity index (χ0v) is 15.1. The van der Waals surface area contributed by atoms with Crippen LogP contribution >= 0.6 is 15.9 Å². The lowest BCUT2D eigenvalue weighted by Gasteiger charge is -2.10. The number of pyridine rings is 1. The monoisotopic (exact) mass is 384 g/mol. The summed E-state index contributed by atoms with van der Waals surface area (Å²) in [5, 5.41) is 3.94. The lowest BCUT2D eigenvalue weighted by atomic mass is 10.1. The molecule has 122 valence electrons. The summed E-state index contributed by atoms with van der Waals surface area (Å²) >= 11 is 3.43. The first kappa shape index (κ1) is 16.5. The SMILES string of the molecule is CCOc1ccc(C(=O)Nc2cccc3ccc(C)nc23)cc1Br. The topological polar surface area (TPSA) is 51.2 Å². The highest BCUT2D eigenvalue weighted by molar-refractivity contribution is 9.10. The number of nitrogens with zero attached hydrogens (tertiary/aromatic N) is 1. The molecular weight excluding hydrogens is 368 g/mol. The number of rotatable bonds is 4. The van der Waals surface area contributed by atoms with E-state index in [9.17, 15) is 4.79 Å². The molecule has 2 aromatic carbocycles. The zero-order chi connectivity index (χ0) is 17.1. The third-order valence-electron chi connectivity index (χ3n) is 3.60. The Kier molecular flexibility index (Phi) is 4.81. The fourth-order valence-corrected chi connectivity index (χ4v) is 2.95. The molecule has 4 nitrogen and oxygen atoms in total. The Hall–Kier alpha value is -2.40. The van der Waals surface area contributed by atoms with Crippen LogP contribution in [0.3, 0.4) is 0 Å². The van der Waals surface area contributed by atoms with Crippen molar-refractivity contribution in [2.75, 3.05) is 11.9 Å². The van der Waals surface area contributed by atoms with Crippen molar-refractivity contribution in [2.45, 2.75) is 13.8 Å². The first-order valence-corrected chi connectivity index (χ1v) is 8.48. The van der Waals surface area contributed by atoms with Crippen LogP contribution in [0.5, 0.6) is 5.75 Å². The lowest BCUT2D eigenvalue weighted by Crippen LogP contribution is -2.12. The van der Waals surface area contributed by atoms with Gasteiger partial charge in [0.25, 0.3) is 5.91 Å². The Morgan fingerprint density at radius 1 is 1.21 bits per heavy atom. The molecule has 0 saturated carbocycles. The van der Waals surface area contributed by atoms with Crippen LogP contribution < -0.4 is 10.1 Å². The van der Waals surface area contributed by atoms with Crippen LogP contribution in [0.15, 0.2) is 53.0 Å². The maximum atomic E-state index is 12.6. The molecule has 0 aliphatic rings. The Bertz CT molecular complexity index is 909. The summed E-state index contributed by atoms with van der Waals surface area (Å²) in [6.07, 6.45) is 0. The van der Waals surface area contributed by atoms with Gasteiger partial charge in [-0.3, -0.25) is 9.78 Å². The van der Waals surface area contributed by atoms with E-state index in [1.807, 2.05) is 44.2 Å². The molecular formula is C19H17BrN2O2. The number of hydrogen-bond donors (Lipinski definition) is 1. The Labute approximate surface area is 149 Å². The Morgan fingerprint density at radius 2 is 2.04 bits per heavy atom. The van der Waals surface area contributed by atoms with Gasteiger partial charge in [-0.15, -0.1) is 0 Å². The molecule has 1 heterocycles. The standard InChI is InChI=1S/C19H17BrN2O2/c1-3-24-17-10-9-14(11-15(17)20)19(23)22-16-6-4-5-13-8-7-12(2)21-18(13)16/h4-11H,3H2,1-2H3,(H,22,23). The zero-order valence-electron chi connectivity index (χ0n) is 13.5. The second-order valence-corrected chi connectivity index (χ2v) is 6.22. The van der Waals surface area contributed by atoms with E-state index < -0.39 is 0 Å². The minimum atomic E-state index is -0.186. The number of carbonyl (C=O) groups is 1. The third-order valence-corrected chi connectivity index (χ3v) is 4.22. The van der Waals surface area contributed by atoms with E-state index in [2.05, 4.69) is 26.2 Å². The van der Waals surface area contributed by atoms with Crippen molar-refractivity contribution in [3.8, 4) is 5.75 Å². The number of aromatic nitrogens is 1. The van der Waals surface area contributed by atoms with Gasteiger partial charge in [0, 0.05) is 16.6 Å². The number of hydrogen-bond acceptors (Lipinski definition) is 3. The summed E-state index contributed by atoms with van der Waals surface area (Å²) in [5.41, 5.74) is 2.95. The molecule has 0 saturated heterocycles. The van der Waals surface area contributed by atoms with Crippen LogP contribution in [0.25, 0.3) is 10.9 Å². The van der Waals surface area contributed by atoms with Gasteiger partial charge in [0.1, 0.15) is 5.75 Å². The largest absolute Gasteiger partial charge is 0.493 e. The predicted octanol–water partition coefficient (Wildman–Crippen LogP) is 4.96. The number of fused-ring (bicyclic) bond motifs is 1. The van der Waals surface area contributed by atoms with E-state index >= 15 is 0 Å². The summed E-state index contributed by atoms with van der Waals surface area (Å²) in [5.74, 6) is 0.533. The van der Waals surface area contributed by atoms with Gasteiger partial charge in [0.15, 0.2) is 0 Å². The predicted molar refractivity (Wildman–Crippen MR) is 99.7 cm³/mol. The van der Waals surface area contributed by atoms with Gasteiger partial charge in [-0.2, -0.15) is 0 Å². The minimum Gasteiger partial charge on any atom is -0.493 e. The van der Waals surface area contributed by atoms with Gasteiger partial charge < -0.3 is 10.1 Å². The van der Waals surface area contributed by atoms with Gasteiger partial charge in [-0.1, -0.05) is 18.2 Å². The highest BCUT2D eigenvalue weighted by Gasteiger charge is 2.11. The summed E-state index contributed by atoms with van der Waals surface area (Å²) < 4.78 is 6.23. The van der Waals surface area contributed by atoms with Crippen molar-refractivity contribution in [1.82, 2.24) is 4.98 Å². The van der Waals surface area contributed by atoms with Gasteiger partial charge in [0.05, 0.1) is 22.3 Å². The van der Waals surface area contributed by atoms with Crippen molar-refractivity contribution >= 4 is 38.4 Å². The molecule has 5 heteroatoms. The molecule has 3 rings (SSSR count). The van der Waals surface area contributed by atoms with Crippen LogP contribution in [0.1, 0.15) is 23.0 Å². The molecule has 0 radical (unpaired) electrons. The van der Waals surface area contributed by atoms with Gasteiger partial charge in [-0.25, -0.2) is 0 Å². The number of halogens is 1. The van der Waals surface area contributed by atoms with Crippen LogP contribution in [-0.4, -0.2) is 17.5 Å². The highest BCUT2D eigenvalue weighted by atomic mass is 79.9. The quantitative estimate of drug-likeness (QED) is 0.691. The second kappa shape index (κ2) is 7.01. The van der Waals surface area contributed by atoms with Crippen molar-refractivity contribution in [3.05, 3.63) is 64.3 Å². The van der Waals surface area contributed by atoms with Crippen LogP contribution in [0.2, 0.25) is 0 Å². The number of para-hydroxylation sites is 1. The lowest BCUT2D eigenvalue weighted by molar-refractivity contribution is 0.102. The number of nitrogens with one attached hydrogen (secondary N) is 1. The van der Waals surface area contributed by atoms with Gasteiger partial charge >= 0.3 is 0 Å². The molecule has 0 bridgehead atoms. The molecule has 24 heavy (non-hydrogen) atoms. The van der Waals surface area contributed by atoms with E-state index in [1.54, 1.807) is 18.2 Å². The van der Waals surface area contributed by atoms with Crippen molar-refractivity contribution in [1.29, 1.82) is 0 Å². The number of ether oxygens (including phenoxy) is 1. The van der Waals surface area contributed by atoms with E-state index in [0.717, 1.165) is 26.8 Å². The van der Waals surface area contributed by atoms with Crippen molar-refractivity contribution in [3.63, 3.8) is 0 Å². The Morgan fingerprint density at radius 3 is 2.79 bits per heavy atom. The van der Waals surface area contributed by atoms with Gasteiger partial charge in [-0.05, 0) is 60.1 Å². The molecule has 0 atom stereocenters. The van der Waals surface area contributed by atoms with E-state index in [4.69, 9.17) is 4.74 Å². The fourth-order valence-electron chi connectivity index (χ4n) is 2.45. The fraction of sp³-hybridized carbons (Fsp3) is 0.158. The first-order chi connectivity index (χ1) is 11.6. The number of benzene rings is 2. The average molecular weight is 385 g/mol. The van der Waals surface area contributed by atoms with Crippen LogP contribution in [0, 0.1) is 6.92 Å². The third kappa shape index (κ3) is 3.41. The smallest absolute Gasteiger partial charge is 0.255 e. The molecule has 1 N–H and O–H groups in total. The average Bonchev–Trinajstić information content (AvgIpc) is 2.57. The molecule has 3 aromatic rings. The number of anilines is 1. The molecule has 0 fully saturated rings. The summed E-state index contributed by atoms with van der Waals surface area (Å²) in [7, 11) is 0. The van der Waals surface area contributed by atoms with Crippen LogP contribution in [0.4, 0.5) is 5.69 Å². The van der Waals surface area contributed by atoms with E-state index in [-0.39, 0.29) is 5.91 Å². The second-order valence-electron chi connectivity index (χ2n) is 5.36. The van der Waals surface area contributed by atoms with Crippen LogP contribution in [-0.2, 0) is 0 Å². The van der Waals surface area contributed by atoms with E-state index in [0.29, 0.717) is 17.9 Å². The highest BCUT2D eigenvalue weighted by Crippen LogP contribution is 2.27. The summed E-state index contributed by atoms with van der Waals surface area (Å²) in [6.45, 7) is 4.43. The maximum absolute atomic E-state index is 12.6. The number of aryl methyl sites for hydroxylation is 1. The molecule has 0 aliphatic heterocycles. The molecule has 1 amide bonds. The first-order valence-electron chi connectivity index (χ1n) is 7.68.